The Morgan fingerprint density at radius 1 is 1.25 bits per heavy atom. The molecule has 5 N–H and O–H groups in total. The molecule has 4 rings (SSSR count). The third-order valence-electron chi connectivity index (χ3n) is 6.18. The largest absolute Gasteiger partial charge is 0.460 e. The predicted molar refractivity (Wildman–Crippen MR) is 119 cm³/mol. The van der Waals surface area contributed by atoms with Crippen molar-refractivity contribution in [2.24, 2.45) is 16.9 Å². The number of amides is 1. The van der Waals surface area contributed by atoms with Gasteiger partial charge in [0.05, 0.1) is 16.8 Å². The number of Topliss-reactive ketones (excluding diaryl/α,β-unsaturated/α-hetero) is 1. The van der Waals surface area contributed by atoms with E-state index in [1.807, 2.05) is 0 Å². The second-order valence-corrected chi connectivity index (χ2v) is 9.78. The summed E-state index contributed by atoms with van der Waals surface area (Å²) in [5, 5.41) is 6.17. The summed E-state index contributed by atoms with van der Waals surface area (Å²) >= 11 is 0. The maximum Gasteiger partial charge on any atom is 0.435 e. The van der Waals surface area contributed by atoms with Crippen LogP contribution in [0.1, 0.15) is 78.1 Å². The van der Waals surface area contributed by atoms with Crippen LogP contribution in [0.2, 0.25) is 0 Å². The molecule has 0 radical (unpaired) electrons. The lowest BCUT2D eigenvalue weighted by atomic mass is 9.75. The lowest BCUT2D eigenvalue weighted by Gasteiger charge is -2.29. The Labute approximate surface area is 203 Å². The Hall–Kier alpha value is -3.55. The first-order valence-electron chi connectivity index (χ1n) is 11.4. The molecule has 1 atom stereocenters. The van der Waals surface area contributed by atoms with Gasteiger partial charge in [0.1, 0.15) is 11.9 Å². The maximum absolute atomic E-state index is 13.7. The lowest BCUT2D eigenvalue weighted by Crippen LogP contribution is -2.41. The number of esters is 1. The first-order chi connectivity index (χ1) is 16.8. The number of nitrogens with one attached hydrogen (secondary N) is 1. The number of ether oxygens (including phenoxy) is 1. The number of hydrogen-bond donors (Lipinski definition) is 3. The van der Waals surface area contributed by atoms with Gasteiger partial charge in [0.25, 0.3) is 11.9 Å². The SMILES string of the molecule is CC1(C)CC(=O)c2c(C(F)(F)F)nn(-c3ncc(C(N)=O)c(NC(N)C(=O)OC4CCCC4)n3)c2C1. The molecule has 0 aliphatic heterocycles. The van der Waals surface area contributed by atoms with Crippen LogP contribution in [0.4, 0.5) is 19.0 Å². The van der Waals surface area contributed by atoms with Crippen molar-refractivity contribution in [3.05, 3.63) is 28.7 Å². The van der Waals surface area contributed by atoms with Gasteiger partial charge in [-0.2, -0.15) is 23.3 Å². The molecular formula is C22H26F3N7O4. The van der Waals surface area contributed by atoms with Gasteiger partial charge < -0.3 is 21.5 Å². The van der Waals surface area contributed by atoms with Gasteiger partial charge in [-0.15, -0.1) is 0 Å². The molecule has 0 bridgehead atoms. The number of aromatic nitrogens is 4. The van der Waals surface area contributed by atoms with Crippen molar-refractivity contribution < 1.29 is 32.3 Å². The van der Waals surface area contributed by atoms with E-state index < -0.39 is 46.7 Å². The highest BCUT2D eigenvalue weighted by molar-refractivity contribution is 6.00. The van der Waals surface area contributed by atoms with E-state index in [0.717, 1.165) is 23.7 Å². The van der Waals surface area contributed by atoms with Gasteiger partial charge in [0, 0.05) is 12.6 Å². The van der Waals surface area contributed by atoms with E-state index in [4.69, 9.17) is 16.2 Å². The molecule has 2 aromatic heterocycles. The Balaban J connectivity index is 1.74. The van der Waals surface area contributed by atoms with Crippen molar-refractivity contribution in [3.8, 4) is 5.95 Å². The highest BCUT2D eigenvalue weighted by Crippen LogP contribution is 2.41. The molecule has 194 valence electrons. The molecular weight excluding hydrogens is 483 g/mol. The Morgan fingerprint density at radius 3 is 2.53 bits per heavy atom. The Morgan fingerprint density at radius 2 is 1.92 bits per heavy atom. The van der Waals surface area contributed by atoms with Crippen molar-refractivity contribution in [3.63, 3.8) is 0 Å². The van der Waals surface area contributed by atoms with Gasteiger partial charge in [-0.25, -0.2) is 14.5 Å². The molecule has 1 saturated carbocycles. The zero-order chi connectivity index (χ0) is 26.4. The normalized spacial score (nSPS) is 18.6. The molecule has 1 unspecified atom stereocenters. The molecule has 11 nitrogen and oxygen atoms in total. The molecule has 2 aliphatic carbocycles. The molecule has 0 aromatic carbocycles. The molecule has 1 amide bonds. The molecule has 14 heteroatoms. The maximum atomic E-state index is 13.7. The molecule has 0 spiro atoms. The summed E-state index contributed by atoms with van der Waals surface area (Å²) in [7, 11) is 0. The molecule has 36 heavy (non-hydrogen) atoms. The van der Waals surface area contributed by atoms with E-state index in [1.54, 1.807) is 13.8 Å². The van der Waals surface area contributed by atoms with Crippen molar-refractivity contribution in [1.82, 2.24) is 19.7 Å². The average molecular weight is 509 g/mol. The van der Waals surface area contributed by atoms with Crippen LogP contribution in [-0.4, -0.2) is 49.7 Å². The number of nitrogens with zero attached hydrogens (tertiary/aromatic N) is 4. The predicted octanol–water partition coefficient (Wildman–Crippen LogP) is 2.12. The fourth-order valence-corrected chi connectivity index (χ4v) is 4.53. The summed E-state index contributed by atoms with van der Waals surface area (Å²) in [4.78, 5) is 45.0. The minimum atomic E-state index is -4.90. The van der Waals surface area contributed by atoms with Gasteiger partial charge in [-0.1, -0.05) is 13.8 Å². The quantitative estimate of drug-likeness (QED) is 0.390. The summed E-state index contributed by atoms with van der Waals surface area (Å²) in [5.41, 5.74) is 8.51. The smallest absolute Gasteiger partial charge is 0.435 e. The summed E-state index contributed by atoms with van der Waals surface area (Å²) in [6.07, 6.45) is -2.33. The topological polar surface area (TPSA) is 168 Å². The Bertz CT molecular complexity index is 1220. The molecule has 2 heterocycles. The van der Waals surface area contributed by atoms with E-state index in [2.05, 4.69) is 20.4 Å². The number of carbonyl (C=O) groups is 3. The fraction of sp³-hybridized carbons (Fsp3) is 0.545. The van der Waals surface area contributed by atoms with Crippen molar-refractivity contribution in [2.45, 2.75) is 70.8 Å². The van der Waals surface area contributed by atoms with E-state index in [9.17, 15) is 27.6 Å². The Kier molecular flexibility index (Phi) is 6.49. The number of anilines is 1. The van der Waals surface area contributed by atoms with Crippen LogP contribution >= 0.6 is 0 Å². The number of carbonyl (C=O) groups excluding carboxylic acids is 3. The third-order valence-corrected chi connectivity index (χ3v) is 6.18. The highest BCUT2D eigenvalue weighted by atomic mass is 19.4. The lowest BCUT2D eigenvalue weighted by molar-refractivity contribution is -0.149. The minimum Gasteiger partial charge on any atom is -0.460 e. The summed E-state index contributed by atoms with van der Waals surface area (Å²) in [5.74, 6) is -3.10. The number of nitrogens with two attached hydrogens (primary N) is 2. The molecule has 1 fully saturated rings. The number of fused-ring (bicyclic) bond motifs is 1. The second kappa shape index (κ2) is 9.15. The summed E-state index contributed by atoms with van der Waals surface area (Å²) in [6, 6.07) is 0. The van der Waals surface area contributed by atoms with Crippen LogP contribution in [0.5, 0.6) is 0 Å². The number of rotatable bonds is 6. The van der Waals surface area contributed by atoms with Crippen LogP contribution in [0.15, 0.2) is 6.20 Å². The number of halogens is 3. The summed E-state index contributed by atoms with van der Waals surface area (Å²) in [6.45, 7) is 3.49. The van der Waals surface area contributed by atoms with E-state index in [-0.39, 0.29) is 42.0 Å². The highest BCUT2D eigenvalue weighted by Gasteiger charge is 2.45. The van der Waals surface area contributed by atoms with E-state index in [0.29, 0.717) is 12.8 Å². The summed E-state index contributed by atoms with van der Waals surface area (Å²) < 4.78 is 47.4. The standard InChI is InChI=1S/C22H26F3N7O4/c1-21(2)7-12-14(13(33)8-21)15(22(23,24)25)31-32(12)20-28-9-11(17(27)34)18(30-20)29-16(26)19(35)36-10-5-3-4-6-10/h9-10,16H,3-8,26H2,1-2H3,(H2,27,34)(H,28,29,30). The first kappa shape index (κ1) is 25.5. The van der Waals surface area contributed by atoms with Crippen LogP contribution < -0.4 is 16.8 Å². The van der Waals surface area contributed by atoms with Gasteiger partial charge in [-0.05, 0) is 37.5 Å². The van der Waals surface area contributed by atoms with Gasteiger partial charge in [0.15, 0.2) is 17.6 Å². The monoisotopic (exact) mass is 509 g/mol. The number of ketones is 1. The van der Waals surface area contributed by atoms with Crippen LogP contribution in [-0.2, 0) is 22.1 Å². The zero-order valence-corrected chi connectivity index (χ0v) is 19.7. The van der Waals surface area contributed by atoms with Gasteiger partial charge >= 0.3 is 12.1 Å². The second-order valence-electron chi connectivity index (χ2n) is 9.78. The molecule has 2 aliphatic rings. The van der Waals surface area contributed by atoms with Crippen molar-refractivity contribution >= 4 is 23.5 Å². The van der Waals surface area contributed by atoms with Crippen LogP contribution in [0.25, 0.3) is 5.95 Å². The first-order valence-corrected chi connectivity index (χ1v) is 11.4. The van der Waals surface area contributed by atoms with Gasteiger partial charge in [-0.3, -0.25) is 9.59 Å². The minimum absolute atomic E-state index is 0.00806. The van der Waals surface area contributed by atoms with E-state index in [1.165, 1.54) is 0 Å². The number of alkyl halides is 3. The zero-order valence-electron chi connectivity index (χ0n) is 19.7. The van der Waals surface area contributed by atoms with Crippen molar-refractivity contribution in [1.29, 1.82) is 0 Å². The fourth-order valence-electron chi connectivity index (χ4n) is 4.53. The number of hydrogen-bond acceptors (Lipinski definition) is 9. The van der Waals surface area contributed by atoms with Gasteiger partial charge in [0.2, 0.25) is 0 Å². The van der Waals surface area contributed by atoms with Crippen LogP contribution in [0, 0.1) is 5.41 Å². The van der Waals surface area contributed by atoms with Crippen LogP contribution in [0.3, 0.4) is 0 Å². The van der Waals surface area contributed by atoms with Crippen molar-refractivity contribution in [2.75, 3.05) is 5.32 Å². The number of primary amides is 1. The average Bonchev–Trinajstić information content (AvgIpc) is 3.40. The molecule has 2 aromatic rings. The van der Waals surface area contributed by atoms with E-state index >= 15 is 0 Å². The molecule has 0 saturated heterocycles. The third kappa shape index (κ3) is 5.03.